The highest BCUT2D eigenvalue weighted by molar-refractivity contribution is 7.09. The predicted molar refractivity (Wildman–Crippen MR) is 53.5 cm³/mol. The molecule has 1 aromatic heterocycles. The number of aromatic nitrogens is 1. The van der Waals surface area contributed by atoms with Gasteiger partial charge in [-0.1, -0.05) is 0 Å². The monoisotopic (exact) mass is 214 g/mol. The van der Waals surface area contributed by atoms with Gasteiger partial charge < -0.3 is 14.0 Å². The minimum Gasteiger partial charge on any atom is -0.376 e. The second-order valence-electron chi connectivity index (χ2n) is 3.37. The predicted octanol–water partition coefficient (Wildman–Crippen LogP) is 0.753. The zero-order valence-corrected chi connectivity index (χ0v) is 8.97. The molecule has 78 valence electrons. The summed E-state index contributed by atoms with van der Waals surface area (Å²) in [6.45, 7) is 4.74. The lowest BCUT2D eigenvalue weighted by Gasteiger charge is -2.23. The summed E-state index contributed by atoms with van der Waals surface area (Å²) in [7, 11) is 0. The maximum atomic E-state index is 7.70. The van der Waals surface area contributed by atoms with Crippen LogP contribution in [-0.4, -0.2) is 30.5 Å². The Labute approximate surface area is 86.6 Å². The first-order chi connectivity index (χ1) is 6.75. The number of hydrogen-bond donors (Lipinski definition) is 1. The zero-order valence-electron chi connectivity index (χ0n) is 8.16. The fourth-order valence-corrected chi connectivity index (χ4v) is 2.24. The van der Waals surface area contributed by atoms with E-state index >= 15 is 0 Å². The molecule has 0 saturated carbocycles. The van der Waals surface area contributed by atoms with Gasteiger partial charge in [0.25, 0.3) is 0 Å². The third kappa shape index (κ3) is 2.23. The van der Waals surface area contributed by atoms with Gasteiger partial charge in [-0.05, 0) is 6.92 Å². The van der Waals surface area contributed by atoms with Crippen LogP contribution in [-0.2, 0) is 16.0 Å². The summed E-state index contributed by atoms with van der Waals surface area (Å²) in [5, 5.41) is 7.70. The Morgan fingerprint density at radius 1 is 1.64 bits per heavy atom. The van der Waals surface area contributed by atoms with Crippen LogP contribution in [0.1, 0.15) is 4.88 Å². The van der Waals surface area contributed by atoms with E-state index in [9.17, 15) is 0 Å². The molecule has 5 heteroatoms. The first-order valence-corrected chi connectivity index (χ1v) is 5.48. The highest BCUT2D eigenvalue weighted by Gasteiger charge is 2.15. The first kappa shape index (κ1) is 9.89. The molecule has 0 radical (unpaired) electrons. The number of aryl methyl sites for hydroxylation is 1. The molecule has 1 aliphatic rings. The second kappa shape index (κ2) is 4.25. The summed E-state index contributed by atoms with van der Waals surface area (Å²) in [6, 6.07) is 0. The van der Waals surface area contributed by atoms with E-state index in [2.05, 4.69) is 0 Å². The quantitative estimate of drug-likeness (QED) is 0.790. The third-order valence-corrected chi connectivity index (χ3v) is 3.00. The highest BCUT2D eigenvalue weighted by Crippen LogP contribution is 2.06. The van der Waals surface area contributed by atoms with E-state index in [0.717, 1.165) is 11.4 Å². The SMILES string of the molecule is Cc1cn(C[C@@H]2COCCO2)c(=N)s1. The molecule has 1 aliphatic heterocycles. The van der Waals surface area contributed by atoms with Crippen molar-refractivity contribution in [3.05, 3.63) is 15.9 Å². The van der Waals surface area contributed by atoms with Crippen molar-refractivity contribution in [2.24, 2.45) is 0 Å². The molecule has 4 nitrogen and oxygen atoms in total. The van der Waals surface area contributed by atoms with Crippen molar-refractivity contribution in [2.75, 3.05) is 19.8 Å². The Morgan fingerprint density at radius 2 is 2.50 bits per heavy atom. The van der Waals surface area contributed by atoms with Gasteiger partial charge in [0.1, 0.15) is 0 Å². The molecule has 1 N–H and O–H groups in total. The lowest BCUT2D eigenvalue weighted by Crippen LogP contribution is -2.34. The van der Waals surface area contributed by atoms with E-state index in [1.54, 1.807) is 0 Å². The van der Waals surface area contributed by atoms with Crippen LogP contribution in [0.25, 0.3) is 0 Å². The van der Waals surface area contributed by atoms with E-state index < -0.39 is 0 Å². The van der Waals surface area contributed by atoms with E-state index in [0.29, 0.717) is 24.6 Å². The van der Waals surface area contributed by atoms with E-state index in [1.165, 1.54) is 11.3 Å². The largest absolute Gasteiger partial charge is 0.376 e. The molecule has 1 atom stereocenters. The maximum Gasteiger partial charge on any atom is 0.182 e. The van der Waals surface area contributed by atoms with Crippen molar-refractivity contribution >= 4 is 11.3 Å². The van der Waals surface area contributed by atoms with Gasteiger partial charge in [0.15, 0.2) is 4.80 Å². The molecule has 0 spiro atoms. The van der Waals surface area contributed by atoms with Gasteiger partial charge >= 0.3 is 0 Å². The van der Waals surface area contributed by atoms with Gasteiger partial charge in [0.2, 0.25) is 0 Å². The number of ether oxygens (including phenoxy) is 2. The van der Waals surface area contributed by atoms with Gasteiger partial charge in [0, 0.05) is 11.1 Å². The van der Waals surface area contributed by atoms with Gasteiger partial charge in [-0.25, -0.2) is 0 Å². The topological polar surface area (TPSA) is 47.2 Å². The lowest BCUT2D eigenvalue weighted by atomic mass is 10.3. The van der Waals surface area contributed by atoms with Crippen LogP contribution in [0.2, 0.25) is 0 Å². The summed E-state index contributed by atoms with van der Waals surface area (Å²) in [4.78, 5) is 1.74. The molecule has 0 unspecified atom stereocenters. The van der Waals surface area contributed by atoms with Crippen molar-refractivity contribution in [1.82, 2.24) is 4.57 Å². The van der Waals surface area contributed by atoms with Gasteiger partial charge in [-0.3, -0.25) is 5.41 Å². The smallest absolute Gasteiger partial charge is 0.182 e. The number of hydrogen-bond acceptors (Lipinski definition) is 4. The van der Waals surface area contributed by atoms with E-state index in [1.807, 2.05) is 17.7 Å². The van der Waals surface area contributed by atoms with Crippen LogP contribution in [0.15, 0.2) is 6.20 Å². The Kier molecular flexibility index (Phi) is 3.00. The molecule has 0 bridgehead atoms. The van der Waals surface area contributed by atoms with Crippen molar-refractivity contribution in [2.45, 2.75) is 19.6 Å². The van der Waals surface area contributed by atoms with Crippen molar-refractivity contribution < 1.29 is 9.47 Å². The number of nitrogens with one attached hydrogen (secondary N) is 1. The van der Waals surface area contributed by atoms with Crippen molar-refractivity contribution in [1.29, 1.82) is 5.41 Å². The van der Waals surface area contributed by atoms with Crippen LogP contribution in [0.4, 0.5) is 0 Å². The minimum absolute atomic E-state index is 0.104. The van der Waals surface area contributed by atoms with Gasteiger partial charge in [-0.15, -0.1) is 11.3 Å². The summed E-state index contributed by atoms with van der Waals surface area (Å²) in [6.07, 6.45) is 2.09. The van der Waals surface area contributed by atoms with E-state index in [-0.39, 0.29) is 6.10 Å². The van der Waals surface area contributed by atoms with Crippen LogP contribution >= 0.6 is 11.3 Å². The average molecular weight is 214 g/mol. The summed E-state index contributed by atoms with van der Waals surface area (Å²) >= 11 is 1.49. The number of thiazole rings is 1. The molecule has 0 aliphatic carbocycles. The third-order valence-electron chi connectivity index (χ3n) is 2.14. The van der Waals surface area contributed by atoms with Gasteiger partial charge in [0.05, 0.1) is 32.5 Å². The molecule has 2 heterocycles. The van der Waals surface area contributed by atoms with Crippen molar-refractivity contribution in [3.63, 3.8) is 0 Å². The Hall–Kier alpha value is -0.650. The van der Waals surface area contributed by atoms with Crippen LogP contribution in [0, 0.1) is 12.3 Å². The molecule has 14 heavy (non-hydrogen) atoms. The number of rotatable bonds is 2. The summed E-state index contributed by atoms with van der Waals surface area (Å²) in [5.41, 5.74) is 0. The highest BCUT2D eigenvalue weighted by atomic mass is 32.1. The van der Waals surface area contributed by atoms with Gasteiger partial charge in [-0.2, -0.15) is 0 Å². The molecule has 1 aromatic rings. The molecule has 0 amide bonds. The van der Waals surface area contributed by atoms with Crippen LogP contribution < -0.4 is 4.80 Å². The first-order valence-electron chi connectivity index (χ1n) is 4.66. The average Bonchev–Trinajstić information content (AvgIpc) is 2.47. The molecule has 0 aromatic carbocycles. The zero-order chi connectivity index (χ0) is 9.97. The van der Waals surface area contributed by atoms with E-state index in [4.69, 9.17) is 14.9 Å². The Morgan fingerprint density at radius 3 is 3.07 bits per heavy atom. The second-order valence-corrected chi connectivity index (χ2v) is 4.60. The molecular weight excluding hydrogens is 200 g/mol. The Balaban J connectivity index is 2.02. The molecule has 2 rings (SSSR count). The fourth-order valence-electron chi connectivity index (χ4n) is 1.51. The fraction of sp³-hybridized carbons (Fsp3) is 0.667. The molecule has 1 saturated heterocycles. The normalized spacial score (nSPS) is 22.5. The summed E-state index contributed by atoms with van der Waals surface area (Å²) in [5.74, 6) is 0. The molecular formula is C9H14N2O2S. The number of nitrogens with zero attached hydrogens (tertiary/aromatic N) is 1. The standard InChI is InChI=1S/C9H14N2O2S/c1-7-4-11(9(10)14-7)5-8-6-12-2-3-13-8/h4,8,10H,2-3,5-6H2,1H3/t8-/m1/s1. The Bertz CT molecular complexity index is 352. The van der Waals surface area contributed by atoms with Crippen LogP contribution in [0.3, 0.4) is 0 Å². The molecule has 1 fully saturated rings. The summed E-state index contributed by atoms with van der Waals surface area (Å²) < 4.78 is 12.7. The minimum atomic E-state index is 0.104. The van der Waals surface area contributed by atoms with Crippen LogP contribution in [0.5, 0.6) is 0 Å². The van der Waals surface area contributed by atoms with Crippen molar-refractivity contribution in [3.8, 4) is 0 Å². The lowest BCUT2D eigenvalue weighted by molar-refractivity contribution is -0.0938. The maximum absolute atomic E-state index is 7.70.